The zero-order chi connectivity index (χ0) is 15.1. The van der Waals surface area contributed by atoms with Crippen molar-refractivity contribution in [3.05, 3.63) is 23.8 Å². The van der Waals surface area contributed by atoms with Gasteiger partial charge in [0.2, 0.25) is 0 Å². The molecule has 3 N–H and O–H groups in total. The van der Waals surface area contributed by atoms with Crippen LogP contribution < -0.4 is 16.0 Å². The first-order chi connectivity index (χ1) is 9.41. The normalized spacial score (nSPS) is 10.7. The Hall–Kier alpha value is -1.89. The van der Waals surface area contributed by atoms with Gasteiger partial charge in [-0.3, -0.25) is 4.79 Å². The van der Waals surface area contributed by atoms with Crippen molar-refractivity contribution in [2.24, 2.45) is 0 Å². The molecule has 0 aliphatic heterocycles. The van der Waals surface area contributed by atoms with E-state index in [1.54, 1.807) is 23.1 Å². The highest BCUT2D eigenvalue weighted by Gasteiger charge is 2.13. The van der Waals surface area contributed by atoms with Crippen molar-refractivity contribution in [3.63, 3.8) is 0 Å². The van der Waals surface area contributed by atoms with Crippen molar-refractivity contribution < 1.29 is 18.3 Å². The van der Waals surface area contributed by atoms with Crippen LogP contribution >= 0.6 is 0 Å². The molecule has 0 unspecified atom stereocenters. The van der Waals surface area contributed by atoms with Gasteiger partial charge in [-0.2, -0.15) is 0 Å². The lowest BCUT2D eigenvalue weighted by Gasteiger charge is -2.17. The molecule has 0 saturated heterocycles. The Kier molecular flexibility index (Phi) is 6.17. The first-order valence-corrected chi connectivity index (χ1v) is 6.12. The van der Waals surface area contributed by atoms with Gasteiger partial charge in [0.15, 0.2) is 0 Å². The van der Waals surface area contributed by atoms with E-state index in [1.165, 1.54) is 0 Å². The van der Waals surface area contributed by atoms with Crippen LogP contribution in [0.2, 0.25) is 0 Å². The predicted octanol–water partition coefficient (Wildman–Crippen LogP) is 1.35. The number of anilines is 2. The van der Waals surface area contributed by atoms with Crippen LogP contribution in [-0.2, 0) is 4.74 Å². The minimum Gasteiger partial charge on any atom is -0.399 e. The number of halogens is 2. The predicted molar refractivity (Wildman–Crippen MR) is 74.3 cm³/mol. The molecule has 0 fully saturated rings. The number of hydrogen-bond donors (Lipinski definition) is 2. The average Bonchev–Trinajstić information content (AvgIpc) is 2.37. The smallest absolute Gasteiger partial charge is 0.261 e. The summed E-state index contributed by atoms with van der Waals surface area (Å²) in [5.74, 6) is -0.318. The molecule has 1 rings (SSSR count). The van der Waals surface area contributed by atoms with Gasteiger partial charge in [0.05, 0.1) is 12.2 Å². The zero-order valence-electron chi connectivity index (χ0n) is 11.5. The third-order valence-corrected chi connectivity index (χ3v) is 2.52. The largest absolute Gasteiger partial charge is 0.399 e. The summed E-state index contributed by atoms with van der Waals surface area (Å²) in [5, 5.41) is 2.60. The number of carbonyl (C=O) groups is 1. The molecular weight excluding hydrogens is 268 g/mol. The van der Waals surface area contributed by atoms with Crippen LogP contribution in [0.25, 0.3) is 0 Å². The number of ether oxygens (including phenoxy) is 1. The lowest BCUT2D eigenvalue weighted by atomic mass is 10.1. The van der Waals surface area contributed by atoms with E-state index >= 15 is 0 Å². The second-order valence-electron chi connectivity index (χ2n) is 4.39. The van der Waals surface area contributed by atoms with Crippen LogP contribution in [0.15, 0.2) is 18.2 Å². The lowest BCUT2D eigenvalue weighted by Crippen LogP contribution is -2.29. The Balaban J connectivity index is 2.56. The Morgan fingerprint density at radius 2 is 2.15 bits per heavy atom. The highest BCUT2D eigenvalue weighted by atomic mass is 19.3. The quantitative estimate of drug-likeness (QED) is 0.587. The Labute approximate surface area is 116 Å². The summed E-state index contributed by atoms with van der Waals surface area (Å²) in [7, 11) is 3.63. The number of nitrogens with two attached hydrogens (primary N) is 1. The maximum Gasteiger partial charge on any atom is 0.261 e. The molecular formula is C13H19F2N3O2. The van der Waals surface area contributed by atoms with Crippen LogP contribution in [0.3, 0.4) is 0 Å². The van der Waals surface area contributed by atoms with E-state index in [1.807, 2.05) is 14.1 Å². The molecule has 1 amide bonds. The van der Waals surface area contributed by atoms with Crippen molar-refractivity contribution in [3.8, 4) is 0 Å². The molecule has 0 aliphatic rings. The fourth-order valence-electron chi connectivity index (χ4n) is 1.63. The number of rotatable bonds is 7. The van der Waals surface area contributed by atoms with Crippen molar-refractivity contribution in [2.75, 3.05) is 44.5 Å². The minimum absolute atomic E-state index is 0.0374. The second kappa shape index (κ2) is 7.64. The van der Waals surface area contributed by atoms with Crippen LogP contribution in [0.4, 0.5) is 20.2 Å². The number of amides is 1. The van der Waals surface area contributed by atoms with Gasteiger partial charge < -0.3 is 20.7 Å². The Bertz CT molecular complexity index is 453. The molecule has 0 spiro atoms. The van der Waals surface area contributed by atoms with E-state index in [-0.39, 0.29) is 19.1 Å². The van der Waals surface area contributed by atoms with Crippen molar-refractivity contribution in [1.29, 1.82) is 0 Å². The Morgan fingerprint density at radius 3 is 2.75 bits per heavy atom. The molecule has 0 atom stereocenters. The van der Waals surface area contributed by atoms with E-state index < -0.39 is 13.0 Å². The maximum absolute atomic E-state index is 12.0. The molecule has 1 aromatic rings. The highest BCUT2D eigenvalue weighted by Crippen LogP contribution is 2.21. The first kappa shape index (κ1) is 16.2. The highest BCUT2D eigenvalue weighted by molar-refractivity contribution is 6.00. The number of alkyl halides is 2. The summed E-state index contributed by atoms with van der Waals surface area (Å²) < 4.78 is 28.4. The molecule has 0 heterocycles. The van der Waals surface area contributed by atoms with Crippen molar-refractivity contribution in [2.45, 2.75) is 6.43 Å². The molecule has 0 aromatic heterocycles. The molecule has 20 heavy (non-hydrogen) atoms. The van der Waals surface area contributed by atoms with Gasteiger partial charge in [0, 0.05) is 32.0 Å². The second-order valence-corrected chi connectivity index (χ2v) is 4.39. The summed E-state index contributed by atoms with van der Waals surface area (Å²) in [6, 6.07) is 5.03. The van der Waals surface area contributed by atoms with Crippen LogP contribution in [0, 0.1) is 0 Å². The summed E-state index contributed by atoms with van der Waals surface area (Å²) in [5.41, 5.74) is 7.31. The van der Waals surface area contributed by atoms with E-state index in [0.717, 1.165) is 5.69 Å². The van der Waals surface area contributed by atoms with E-state index in [4.69, 9.17) is 5.73 Å². The van der Waals surface area contributed by atoms with Crippen LogP contribution in [-0.4, -0.2) is 46.2 Å². The van der Waals surface area contributed by atoms with Gasteiger partial charge in [0.1, 0.15) is 6.61 Å². The lowest BCUT2D eigenvalue weighted by molar-refractivity contribution is 0.0188. The molecule has 7 heteroatoms. The number of hydrogen-bond acceptors (Lipinski definition) is 4. The van der Waals surface area contributed by atoms with Gasteiger partial charge in [-0.25, -0.2) is 8.78 Å². The molecule has 0 radical (unpaired) electrons. The molecule has 1 aromatic carbocycles. The number of nitrogens with zero attached hydrogens (tertiary/aromatic N) is 1. The van der Waals surface area contributed by atoms with E-state index in [9.17, 15) is 13.6 Å². The summed E-state index contributed by atoms with van der Waals surface area (Å²) >= 11 is 0. The summed E-state index contributed by atoms with van der Waals surface area (Å²) in [6.07, 6.45) is -2.50. The van der Waals surface area contributed by atoms with E-state index in [2.05, 4.69) is 10.1 Å². The maximum atomic E-state index is 12.0. The summed E-state index contributed by atoms with van der Waals surface area (Å²) in [6.45, 7) is -0.431. The zero-order valence-corrected chi connectivity index (χ0v) is 11.5. The van der Waals surface area contributed by atoms with Gasteiger partial charge in [-0.1, -0.05) is 0 Å². The fraction of sp³-hybridized carbons (Fsp3) is 0.462. The number of nitrogen functional groups attached to an aromatic ring is 1. The van der Waals surface area contributed by atoms with Crippen molar-refractivity contribution in [1.82, 2.24) is 5.32 Å². The average molecular weight is 287 g/mol. The molecule has 5 nitrogen and oxygen atoms in total. The molecule has 112 valence electrons. The standard InChI is InChI=1S/C13H19F2N3O2/c1-18(2)11-4-3-9(16)7-10(11)13(19)17-5-6-20-8-12(14)15/h3-4,7,12H,5-6,8,16H2,1-2H3,(H,17,19). The van der Waals surface area contributed by atoms with Crippen LogP contribution in [0.5, 0.6) is 0 Å². The minimum atomic E-state index is -2.50. The fourth-order valence-corrected chi connectivity index (χ4v) is 1.63. The van der Waals surface area contributed by atoms with E-state index in [0.29, 0.717) is 11.3 Å². The van der Waals surface area contributed by atoms with Gasteiger partial charge in [-0.15, -0.1) is 0 Å². The molecule has 0 saturated carbocycles. The van der Waals surface area contributed by atoms with Gasteiger partial charge in [-0.05, 0) is 18.2 Å². The third kappa shape index (κ3) is 5.00. The third-order valence-electron chi connectivity index (χ3n) is 2.52. The number of benzene rings is 1. The summed E-state index contributed by atoms with van der Waals surface area (Å²) in [4.78, 5) is 13.8. The SMILES string of the molecule is CN(C)c1ccc(N)cc1C(=O)NCCOCC(F)F. The molecule has 0 bridgehead atoms. The monoisotopic (exact) mass is 287 g/mol. The topological polar surface area (TPSA) is 67.6 Å². The number of nitrogens with one attached hydrogen (secondary N) is 1. The van der Waals surface area contributed by atoms with Gasteiger partial charge in [0.25, 0.3) is 12.3 Å². The Morgan fingerprint density at radius 1 is 1.45 bits per heavy atom. The van der Waals surface area contributed by atoms with Crippen molar-refractivity contribution >= 4 is 17.3 Å². The van der Waals surface area contributed by atoms with Gasteiger partial charge >= 0.3 is 0 Å². The molecule has 0 aliphatic carbocycles. The van der Waals surface area contributed by atoms with Crippen LogP contribution in [0.1, 0.15) is 10.4 Å². The number of carbonyl (C=O) groups excluding carboxylic acids is 1. The first-order valence-electron chi connectivity index (χ1n) is 6.12.